The van der Waals surface area contributed by atoms with E-state index in [2.05, 4.69) is 10.6 Å². The number of benzene rings is 3. The number of para-hydroxylation sites is 2. The van der Waals surface area contributed by atoms with Crippen molar-refractivity contribution in [1.29, 1.82) is 0 Å². The number of carbonyl (C=O) groups is 3. The molecule has 0 bridgehead atoms. The van der Waals surface area contributed by atoms with E-state index in [1.165, 1.54) is 24.3 Å². The van der Waals surface area contributed by atoms with Crippen LogP contribution in [-0.2, 0) is 9.53 Å². The van der Waals surface area contributed by atoms with Crippen LogP contribution in [-0.4, -0.2) is 24.4 Å². The lowest BCUT2D eigenvalue weighted by molar-refractivity contribution is -0.119. The van der Waals surface area contributed by atoms with E-state index in [4.69, 9.17) is 4.74 Å². The van der Waals surface area contributed by atoms with Gasteiger partial charge in [-0.25, -0.2) is 9.18 Å². The van der Waals surface area contributed by atoms with Crippen LogP contribution in [0.15, 0.2) is 78.9 Å². The second kappa shape index (κ2) is 9.27. The van der Waals surface area contributed by atoms with Gasteiger partial charge in [0.25, 0.3) is 11.8 Å². The van der Waals surface area contributed by atoms with E-state index in [1.54, 1.807) is 54.6 Å². The molecule has 3 aromatic rings. The fourth-order valence-electron chi connectivity index (χ4n) is 2.51. The average molecular weight is 392 g/mol. The topological polar surface area (TPSA) is 84.5 Å². The molecule has 29 heavy (non-hydrogen) atoms. The maximum absolute atomic E-state index is 13.6. The van der Waals surface area contributed by atoms with Crippen molar-refractivity contribution in [3.05, 3.63) is 95.8 Å². The van der Waals surface area contributed by atoms with Gasteiger partial charge < -0.3 is 15.4 Å². The number of anilines is 2. The van der Waals surface area contributed by atoms with Gasteiger partial charge in [0.05, 0.1) is 16.9 Å². The molecule has 0 aliphatic rings. The lowest BCUT2D eigenvalue weighted by atomic mass is 10.1. The molecule has 3 rings (SSSR count). The first-order valence-corrected chi connectivity index (χ1v) is 8.71. The highest BCUT2D eigenvalue weighted by Gasteiger charge is 2.17. The largest absolute Gasteiger partial charge is 0.452 e. The van der Waals surface area contributed by atoms with Crippen LogP contribution in [0.25, 0.3) is 0 Å². The molecule has 0 atom stereocenters. The smallest absolute Gasteiger partial charge is 0.340 e. The first-order valence-electron chi connectivity index (χ1n) is 8.71. The lowest BCUT2D eigenvalue weighted by Crippen LogP contribution is -2.22. The molecular weight excluding hydrogens is 375 g/mol. The number of hydrogen-bond donors (Lipinski definition) is 2. The van der Waals surface area contributed by atoms with Crippen LogP contribution in [0, 0.1) is 5.82 Å². The van der Waals surface area contributed by atoms with E-state index < -0.39 is 24.3 Å². The normalized spacial score (nSPS) is 10.1. The summed E-state index contributed by atoms with van der Waals surface area (Å²) in [5, 5.41) is 4.98. The van der Waals surface area contributed by atoms with Gasteiger partial charge in [0.2, 0.25) is 0 Å². The van der Waals surface area contributed by atoms with Crippen molar-refractivity contribution in [2.75, 3.05) is 17.2 Å². The first kappa shape index (κ1) is 19.8. The van der Waals surface area contributed by atoms with E-state index in [0.29, 0.717) is 5.56 Å². The van der Waals surface area contributed by atoms with Gasteiger partial charge in [-0.3, -0.25) is 9.59 Å². The fraction of sp³-hybridized carbons (Fsp3) is 0.0455. The maximum Gasteiger partial charge on any atom is 0.340 e. The molecule has 0 heterocycles. The van der Waals surface area contributed by atoms with Gasteiger partial charge in [-0.1, -0.05) is 42.5 Å². The molecule has 0 aliphatic carbocycles. The summed E-state index contributed by atoms with van der Waals surface area (Å²) >= 11 is 0. The number of hydrogen-bond acceptors (Lipinski definition) is 4. The van der Waals surface area contributed by atoms with Crippen molar-refractivity contribution in [2.24, 2.45) is 0 Å². The molecule has 6 nitrogen and oxygen atoms in total. The molecule has 0 fully saturated rings. The number of amides is 2. The summed E-state index contributed by atoms with van der Waals surface area (Å²) < 4.78 is 18.6. The van der Waals surface area contributed by atoms with Crippen molar-refractivity contribution in [2.45, 2.75) is 0 Å². The third-order valence-corrected chi connectivity index (χ3v) is 3.91. The zero-order chi connectivity index (χ0) is 20.6. The minimum atomic E-state index is -0.794. The Hall–Kier alpha value is -4.00. The van der Waals surface area contributed by atoms with Crippen molar-refractivity contribution in [3.63, 3.8) is 0 Å². The van der Waals surface area contributed by atoms with Crippen molar-refractivity contribution in [1.82, 2.24) is 0 Å². The van der Waals surface area contributed by atoms with Crippen LogP contribution in [0.5, 0.6) is 0 Å². The summed E-state index contributed by atoms with van der Waals surface area (Å²) in [6, 6.07) is 20.5. The zero-order valence-corrected chi connectivity index (χ0v) is 15.2. The molecule has 0 aliphatic heterocycles. The minimum absolute atomic E-state index is 0.0101. The highest BCUT2D eigenvalue weighted by Crippen LogP contribution is 2.18. The highest BCUT2D eigenvalue weighted by atomic mass is 19.1. The minimum Gasteiger partial charge on any atom is -0.452 e. The summed E-state index contributed by atoms with van der Waals surface area (Å²) in [5.41, 5.74) is 0.764. The molecule has 0 spiro atoms. The van der Waals surface area contributed by atoms with Crippen LogP contribution in [0.4, 0.5) is 15.8 Å². The monoisotopic (exact) mass is 392 g/mol. The predicted molar refractivity (Wildman–Crippen MR) is 106 cm³/mol. The Morgan fingerprint density at radius 2 is 1.38 bits per heavy atom. The van der Waals surface area contributed by atoms with E-state index in [1.807, 2.05) is 0 Å². The number of rotatable bonds is 6. The van der Waals surface area contributed by atoms with Gasteiger partial charge >= 0.3 is 5.97 Å². The number of carbonyl (C=O) groups excluding carboxylic acids is 3. The Labute approximate surface area is 166 Å². The lowest BCUT2D eigenvalue weighted by Gasteiger charge is -2.11. The van der Waals surface area contributed by atoms with Gasteiger partial charge in [0.15, 0.2) is 6.61 Å². The Morgan fingerprint density at radius 3 is 2.10 bits per heavy atom. The summed E-state index contributed by atoms with van der Waals surface area (Å²) in [5.74, 6) is -2.46. The standard InChI is InChI=1S/C22H17FN2O4/c23-17-11-5-7-13-19(17)24-20(26)14-29-22(28)16-10-4-6-12-18(16)25-21(27)15-8-2-1-3-9-15/h1-13H,14H2,(H,24,26)(H,25,27). The van der Waals surface area contributed by atoms with Crippen LogP contribution in [0.2, 0.25) is 0 Å². The number of nitrogens with one attached hydrogen (secondary N) is 2. The van der Waals surface area contributed by atoms with Crippen LogP contribution >= 0.6 is 0 Å². The van der Waals surface area contributed by atoms with Crippen molar-refractivity contribution >= 4 is 29.2 Å². The quantitative estimate of drug-likeness (QED) is 0.624. The Morgan fingerprint density at radius 1 is 0.759 bits per heavy atom. The van der Waals surface area contributed by atoms with Crippen molar-refractivity contribution < 1.29 is 23.5 Å². The van der Waals surface area contributed by atoms with Crippen LogP contribution < -0.4 is 10.6 Å². The summed E-state index contributed by atoms with van der Waals surface area (Å²) in [4.78, 5) is 36.6. The SMILES string of the molecule is O=C(COC(=O)c1ccccc1NC(=O)c1ccccc1)Nc1ccccc1F. The van der Waals surface area contributed by atoms with Gasteiger partial charge in [-0.15, -0.1) is 0 Å². The Balaban J connectivity index is 1.63. The predicted octanol–water partition coefficient (Wildman–Crippen LogP) is 3.87. The zero-order valence-electron chi connectivity index (χ0n) is 15.2. The second-order valence-corrected chi connectivity index (χ2v) is 5.97. The Bertz CT molecular complexity index is 1040. The van der Waals surface area contributed by atoms with Gasteiger partial charge in [0, 0.05) is 5.56 Å². The van der Waals surface area contributed by atoms with E-state index in [-0.39, 0.29) is 22.8 Å². The molecule has 0 unspecified atom stereocenters. The molecule has 0 saturated heterocycles. The van der Waals surface area contributed by atoms with E-state index in [0.717, 1.165) is 0 Å². The molecule has 0 saturated carbocycles. The van der Waals surface area contributed by atoms with E-state index >= 15 is 0 Å². The maximum atomic E-state index is 13.6. The average Bonchev–Trinajstić information content (AvgIpc) is 2.74. The molecule has 2 amide bonds. The Kier molecular flexibility index (Phi) is 6.32. The second-order valence-electron chi connectivity index (χ2n) is 5.97. The molecular formula is C22H17FN2O4. The van der Waals surface area contributed by atoms with Crippen molar-refractivity contribution in [3.8, 4) is 0 Å². The number of halogens is 1. The van der Waals surface area contributed by atoms with Crippen LogP contribution in [0.1, 0.15) is 20.7 Å². The summed E-state index contributed by atoms with van der Waals surface area (Å²) in [7, 11) is 0. The molecule has 2 N–H and O–H groups in total. The van der Waals surface area contributed by atoms with E-state index in [9.17, 15) is 18.8 Å². The summed E-state index contributed by atoms with van der Waals surface area (Å²) in [6.45, 7) is -0.603. The molecule has 146 valence electrons. The molecule has 0 radical (unpaired) electrons. The molecule has 7 heteroatoms. The highest BCUT2D eigenvalue weighted by molar-refractivity contribution is 6.08. The third-order valence-electron chi connectivity index (χ3n) is 3.91. The number of ether oxygens (including phenoxy) is 1. The third kappa shape index (κ3) is 5.26. The van der Waals surface area contributed by atoms with Crippen LogP contribution in [0.3, 0.4) is 0 Å². The van der Waals surface area contributed by atoms with Gasteiger partial charge in [-0.05, 0) is 36.4 Å². The molecule has 3 aromatic carbocycles. The fourth-order valence-corrected chi connectivity index (χ4v) is 2.51. The first-order chi connectivity index (χ1) is 14.0. The molecule has 0 aromatic heterocycles. The van der Waals surface area contributed by atoms with Gasteiger partial charge in [0.1, 0.15) is 5.82 Å². The summed E-state index contributed by atoms with van der Waals surface area (Å²) in [6.07, 6.45) is 0. The number of esters is 1. The van der Waals surface area contributed by atoms with Gasteiger partial charge in [-0.2, -0.15) is 0 Å².